The van der Waals surface area contributed by atoms with Crippen LogP contribution in [0.5, 0.6) is 0 Å². The second-order valence-electron chi connectivity index (χ2n) is 8.17. The molecule has 0 aromatic heterocycles. The molecule has 0 saturated heterocycles. The lowest BCUT2D eigenvalue weighted by atomic mass is 10.0. The number of nitrogens with zero attached hydrogens (tertiary/aromatic N) is 2. The van der Waals surface area contributed by atoms with Gasteiger partial charge in [0, 0.05) is 34.9 Å². The van der Waals surface area contributed by atoms with Crippen LogP contribution in [0.2, 0.25) is 0 Å². The summed E-state index contributed by atoms with van der Waals surface area (Å²) in [5, 5.41) is 0. The molecule has 0 aliphatic carbocycles. The van der Waals surface area contributed by atoms with Crippen molar-refractivity contribution in [3.63, 3.8) is 0 Å². The smallest absolute Gasteiger partial charge is 0.0700 e. The van der Waals surface area contributed by atoms with Crippen LogP contribution in [0.3, 0.4) is 0 Å². The van der Waals surface area contributed by atoms with Crippen LogP contribution in [0.1, 0.15) is 22.3 Å². The molecule has 5 rings (SSSR count). The van der Waals surface area contributed by atoms with Crippen molar-refractivity contribution in [3.05, 3.63) is 144 Å². The van der Waals surface area contributed by atoms with Crippen LogP contribution < -0.4 is 9.80 Å². The lowest BCUT2D eigenvalue weighted by molar-refractivity contribution is 1.17. The highest BCUT2D eigenvalue weighted by molar-refractivity contribution is 5.99. The molecule has 2 nitrogen and oxygen atoms in total. The molecule has 0 N–H and O–H groups in total. The van der Waals surface area contributed by atoms with Crippen LogP contribution >= 0.6 is 0 Å². The van der Waals surface area contributed by atoms with Crippen LogP contribution in [-0.4, -0.2) is 0 Å². The predicted octanol–water partition coefficient (Wildman–Crippen LogP) is 7.63. The molecule has 2 heteroatoms. The van der Waals surface area contributed by atoms with E-state index in [2.05, 4.69) is 145 Å². The van der Waals surface area contributed by atoms with Crippen molar-refractivity contribution in [3.8, 4) is 0 Å². The van der Waals surface area contributed by atoms with Gasteiger partial charge < -0.3 is 9.80 Å². The fourth-order valence-electron chi connectivity index (χ4n) is 4.01. The van der Waals surface area contributed by atoms with Crippen LogP contribution in [0.15, 0.2) is 122 Å². The van der Waals surface area contributed by atoms with Gasteiger partial charge in [0.1, 0.15) is 0 Å². The molecule has 0 atom stereocenters. The molecule has 0 bridgehead atoms. The summed E-state index contributed by atoms with van der Waals surface area (Å²) < 4.78 is 0. The van der Waals surface area contributed by atoms with Gasteiger partial charge in [-0.15, -0.1) is 0 Å². The minimum atomic E-state index is 1.14. The number of benzene rings is 4. The minimum Gasteiger partial charge on any atom is -0.320 e. The molecule has 1 heterocycles. The van der Waals surface area contributed by atoms with E-state index in [1.54, 1.807) is 0 Å². The summed E-state index contributed by atoms with van der Waals surface area (Å²) in [6.45, 7) is 4.25. The van der Waals surface area contributed by atoms with E-state index in [0.29, 0.717) is 0 Å². The highest BCUT2D eigenvalue weighted by Gasteiger charge is 2.25. The Kier molecular flexibility index (Phi) is 5.35. The molecular formula is C30H26N2. The third-order valence-corrected chi connectivity index (χ3v) is 5.77. The van der Waals surface area contributed by atoms with Gasteiger partial charge in [-0.2, -0.15) is 0 Å². The van der Waals surface area contributed by atoms with Crippen molar-refractivity contribution < 1.29 is 0 Å². The fraction of sp³-hybridized carbons (Fsp3) is 0.0667. The Morgan fingerprint density at radius 3 is 1.28 bits per heavy atom. The molecule has 0 unspecified atom stereocenters. The SMILES string of the molecule is Cc1ccc(N2C=C(c3ccccc3)N(c3ccc(C)cc3)C(c3ccccc3)=C2)cc1. The summed E-state index contributed by atoms with van der Waals surface area (Å²) in [6, 6.07) is 38.6. The van der Waals surface area contributed by atoms with E-state index in [-0.39, 0.29) is 0 Å². The monoisotopic (exact) mass is 414 g/mol. The van der Waals surface area contributed by atoms with Gasteiger partial charge in [-0.3, -0.25) is 0 Å². The zero-order chi connectivity index (χ0) is 21.9. The van der Waals surface area contributed by atoms with Gasteiger partial charge >= 0.3 is 0 Å². The Bertz CT molecular complexity index is 1190. The first-order valence-corrected chi connectivity index (χ1v) is 11.0. The molecule has 156 valence electrons. The largest absolute Gasteiger partial charge is 0.320 e. The van der Waals surface area contributed by atoms with Crippen LogP contribution in [-0.2, 0) is 0 Å². The van der Waals surface area contributed by atoms with E-state index in [9.17, 15) is 0 Å². The summed E-state index contributed by atoms with van der Waals surface area (Å²) in [7, 11) is 0. The Labute approximate surface area is 190 Å². The molecule has 0 radical (unpaired) electrons. The van der Waals surface area contributed by atoms with Gasteiger partial charge in [-0.25, -0.2) is 0 Å². The summed E-state index contributed by atoms with van der Waals surface area (Å²) >= 11 is 0. The van der Waals surface area contributed by atoms with E-state index in [0.717, 1.165) is 22.8 Å². The summed E-state index contributed by atoms with van der Waals surface area (Å²) in [6.07, 6.45) is 4.46. The molecule has 4 aromatic carbocycles. The average Bonchev–Trinajstić information content (AvgIpc) is 2.85. The van der Waals surface area contributed by atoms with Gasteiger partial charge in [-0.1, -0.05) is 96.1 Å². The second-order valence-corrected chi connectivity index (χ2v) is 8.17. The van der Waals surface area contributed by atoms with Crippen LogP contribution in [0, 0.1) is 13.8 Å². The van der Waals surface area contributed by atoms with Crippen molar-refractivity contribution in [1.29, 1.82) is 0 Å². The third kappa shape index (κ3) is 3.95. The van der Waals surface area contributed by atoms with E-state index >= 15 is 0 Å². The maximum Gasteiger partial charge on any atom is 0.0700 e. The molecule has 0 saturated carbocycles. The maximum atomic E-state index is 2.36. The third-order valence-electron chi connectivity index (χ3n) is 5.77. The first-order valence-electron chi connectivity index (χ1n) is 11.0. The molecule has 1 aliphatic rings. The van der Waals surface area contributed by atoms with E-state index < -0.39 is 0 Å². The minimum absolute atomic E-state index is 1.14. The zero-order valence-electron chi connectivity index (χ0n) is 18.4. The highest BCUT2D eigenvalue weighted by Crippen LogP contribution is 2.39. The standard InChI is InChI=1S/C30H26N2/c1-23-13-17-27(18-14-23)31-21-29(25-9-5-3-6-10-25)32(28-19-15-24(2)16-20-28)30(22-31)26-11-7-4-8-12-26/h3-22H,1-2H3. The van der Waals surface area contributed by atoms with E-state index in [1.165, 1.54) is 22.3 Å². The number of anilines is 2. The molecule has 0 fully saturated rings. The van der Waals surface area contributed by atoms with Gasteiger partial charge in [0.25, 0.3) is 0 Å². The van der Waals surface area contributed by atoms with Gasteiger partial charge in [-0.05, 0) is 38.1 Å². The fourth-order valence-corrected chi connectivity index (χ4v) is 4.01. The Morgan fingerprint density at radius 2 is 0.844 bits per heavy atom. The first-order chi connectivity index (χ1) is 15.7. The quantitative estimate of drug-likeness (QED) is 0.339. The maximum absolute atomic E-state index is 2.36. The number of hydrogen-bond acceptors (Lipinski definition) is 2. The number of rotatable bonds is 4. The number of aryl methyl sites for hydroxylation is 2. The van der Waals surface area contributed by atoms with E-state index in [4.69, 9.17) is 0 Å². The lowest BCUT2D eigenvalue weighted by Gasteiger charge is -2.36. The average molecular weight is 415 g/mol. The predicted molar refractivity (Wildman–Crippen MR) is 136 cm³/mol. The first kappa shape index (κ1) is 19.9. The molecular weight excluding hydrogens is 388 g/mol. The van der Waals surface area contributed by atoms with Crippen molar-refractivity contribution in [2.75, 3.05) is 9.80 Å². The molecule has 0 spiro atoms. The Morgan fingerprint density at radius 1 is 0.438 bits per heavy atom. The van der Waals surface area contributed by atoms with Crippen LogP contribution in [0.25, 0.3) is 11.4 Å². The lowest BCUT2D eigenvalue weighted by Crippen LogP contribution is -2.28. The van der Waals surface area contributed by atoms with Crippen molar-refractivity contribution >= 4 is 22.8 Å². The summed E-state index contributed by atoms with van der Waals surface area (Å²) in [5.41, 5.74) is 9.41. The number of hydrogen-bond donors (Lipinski definition) is 0. The van der Waals surface area contributed by atoms with Crippen LogP contribution in [0.4, 0.5) is 11.4 Å². The summed E-state index contributed by atoms with van der Waals surface area (Å²) in [5.74, 6) is 0. The molecule has 1 aliphatic heterocycles. The Hall–Kier alpha value is -4.04. The van der Waals surface area contributed by atoms with Gasteiger partial charge in [0.2, 0.25) is 0 Å². The highest BCUT2D eigenvalue weighted by atomic mass is 15.2. The second kappa shape index (κ2) is 8.60. The molecule has 32 heavy (non-hydrogen) atoms. The molecule has 0 amide bonds. The Balaban J connectivity index is 1.73. The van der Waals surface area contributed by atoms with Crippen molar-refractivity contribution in [2.24, 2.45) is 0 Å². The molecule has 4 aromatic rings. The van der Waals surface area contributed by atoms with Crippen molar-refractivity contribution in [1.82, 2.24) is 0 Å². The van der Waals surface area contributed by atoms with Gasteiger partial charge in [0.05, 0.1) is 11.4 Å². The normalized spacial score (nSPS) is 13.6. The topological polar surface area (TPSA) is 6.48 Å². The summed E-state index contributed by atoms with van der Waals surface area (Å²) in [4.78, 5) is 4.59. The van der Waals surface area contributed by atoms with Gasteiger partial charge in [0.15, 0.2) is 0 Å². The van der Waals surface area contributed by atoms with Crippen molar-refractivity contribution in [2.45, 2.75) is 13.8 Å². The van der Waals surface area contributed by atoms with E-state index in [1.807, 2.05) is 0 Å². The zero-order valence-corrected chi connectivity index (χ0v) is 18.4.